The van der Waals surface area contributed by atoms with Crippen molar-refractivity contribution >= 4 is 11.6 Å². The summed E-state index contributed by atoms with van der Waals surface area (Å²) in [5.74, 6) is 0.253. The number of carbonyl (C=O) groups excluding carboxylic acids is 1. The molecule has 0 atom stereocenters. The maximum atomic E-state index is 14.2. The third-order valence-corrected chi connectivity index (χ3v) is 3.45. The van der Waals surface area contributed by atoms with Gasteiger partial charge >= 0.3 is 0 Å². The first-order valence-corrected chi connectivity index (χ1v) is 6.88. The van der Waals surface area contributed by atoms with E-state index in [0.29, 0.717) is 22.6 Å². The van der Waals surface area contributed by atoms with E-state index in [9.17, 15) is 9.18 Å². The summed E-state index contributed by atoms with van der Waals surface area (Å²) in [5, 5.41) is 2.57. The highest BCUT2D eigenvalue weighted by atomic mass is 19.1. The van der Waals surface area contributed by atoms with Crippen molar-refractivity contribution in [2.75, 3.05) is 26.6 Å². The molecule has 0 saturated carbocycles. The van der Waals surface area contributed by atoms with Gasteiger partial charge in [0.05, 0.1) is 27.0 Å². The number of nitrogens with one attached hydrogen (secondary N) is 1. The Kier molecular flexibility index (Phi) is 5.05. The average molecular weight is 319 g/mol. The van der Waals surface area contributed by atoms with Crippen molar-refractivity contribution < 1.29 is 23.4 Å². The summed E-state index contributed by atoms with van der Waals surface area (Å²) in [6.07, 6.45) is 0. The van der Waals surface area contributed by atoms with E-state index in [2.05, 4.69) is 5.32 Å². The van der Waals surface area contributed by atoms with E-state index in [1.807, 2.05) is 0 Å². The van der Waals surface area contributed by atoms with Crippen molar-refractivity contribution in [3.05, 3.63) is 47.3 Å². The molecule has 1 N–H and O–H groups in total. The molecule has 0 spiro atoms. The maximum Gasteiger partial charge on any atom is 0.255 e. The molecule has 0 heterocycles. The Morgan fingerprint density at radius 1 is 1.04 bits per heavy atom. The van der Waals surface area contributed by atoms with Gasteiger partial charge < -0.3 is 19.5 Å². The van der Waals surface area contributed by atoms with Crippen LogP contribution in [0.4, 0.5) is 10.1 Å². The fourth-order valence-corrected chi connectivity index (χ4v) is 2.22. The standard InChI is InChI=1S/C17H18FNO4/c1-10-15(13(18)9-14(22-3)16(10)23-4)19-17(20)11-5-7-12(21-2)8-6-11/h5-9H,1-4H3,(H,19,20). The van der Waals surface area contributed by atoms with Crippen LogP contribution in [0.25, 0.3) is 0 Å². The van der Waals surface area contributed by atoms with E-state index in [1.165, 1.54) is 27.4 Å². The normalized spacial score (nSPS) is 10.1. The summed E-state index contributed by atoms with van der Waals surface area (Å²) in [6, 6.07) is 7.69. The van der Waals surface area contributed by atoms with Gasteiger partial charge in [-0.2, -0.15) is 0 Å². The van der Waals surface area contributed by atoms with Gasteiger partial charge in [-0.15, -0.1) is 0 Å². The molecule has 0 radical (unpaired) electrons. The summed E-state index contributed by atoms with van der Waals surface area (Å²) >= 11 is 0. The summed E-state index contributed by atoms with van der Waals surface area (Å²) in [5.41, 5.74) is 0.897. The summed E-state index contributed by atoms with van der Waals surface area (Å²) < 4.78 is 29.6. The van der Waals surface area contributed by atoms with Gasteiger partial charge in [-0.1, -0.05) is 0 Å². The molecule has 2 aromatic carbocycles. The highest BCUT2D eigenvalue weighted by molar-refractivity contribution is 6.05. The lowest BCUT2D eigenvalue weighted by molar-refractivity contribution is 0.102. The van der Waals surface area contributed by atoms with Gasteiger partial charge in [0.2, 0.25) is 0 Å². The highest BCUT2D eigenvalue weighted by Crippen LogP contribution is 2.37. The zero-order valence-electron chi connectivity index (χ0n) is 13.4. The fraction of sp³-hybridized carbons (Fsp3) is 0.235. The van der Waals surface area contributed by atoms with Gasteiger partial charge in [0.25, 0.3) is 5.91 Å². The van der Waals surface area contributed by atoms with Gasteiger partial charge in [-0.25, -0.2) is 4.39 Å². The lowest BCUT2D eigenvalue weighted by atomic mass is 10.1. The second-order valence-corrected chi connectivity index (χ2v) is 4.78. The minimum absolute atomic E-state index is 0.0588. The first kappa shape index (κ1) is 16.6. The van der Waals surface area contributed by atoms with Crippen LogP contribution in [0.2, 0.25) is 0 Å². The van der Waals surface area contributed by atoms with Crippen molar-refractivity contribution in [1.82, 2.24) is 0 Å². The molecule has 0 fully saturated rings. The number of carbonyl (C=O) groups is 1. The van der Waals surface area contributed by atoms with E-state index in [1.54, 1.807) is 31.2 Å². The molecule has 6 heteroatoms. The molecule has 1 amide bonds. The van der Waals surface area contributed by atoms with E-state index >= 15 is 0 Å². The predicted molar refractivity (Wildman–Crippen MR) is 85.2 cm³/mol. The van der Waals surface area contributed by atoms with Crippen LogP contribution < -0.4 is 19.5 Å². The fourth-order valence-electron chi connectivity index (χ4n) is 2.22. The van der Waals surface area contributed by atoms with Crippen LogP contribution in [-0.4, -0.2) is 27.2 Å². The summed E-state index contributed by atoms with van der Waals surface area (Å²) in [6.45, 7) is 1.65. The molecule has 0 aliphatic heterocycles. The maximum absolute atomic E-state index is 14.2. The van der Waals surface area contributed by atoms with E-state index in [-0.39, 0.29) is 11.4 Å². The largest absolute Gasteiger partial charge is 0.497 e. The summed E-state index contributed by atoms with van der Waals surface area (Å²) in [7, 11) is 4.42. The van der Waals surface area contributed by atoms with E-state index < -0.39 is 11.7 Å². The van der Waals surface area contributed by atoms with Crippen LogP contribution in [-0.2, 0) is 0 Å². The Morgan fingerprint density at radius 3 is 2.22 bits per heavy atom. The monoisotopic (exact) mass is 319 g/mol. The Balaban J connectivity index is 2.33. The molecule has 2 rings (SSSR count). The number of amides is 1. The molecular formula is C17H18FNO4. The molecule has 2 aromatic rings. The number of anilines is 1. The van der Waals surface area contributed by atoms with Crippen LogP contribution in [0, 0.1) is 12.7 Å². The van der Waals surface area contributed by atoms with Gasteiger partial charge in [0, 0.05) is 17.2 Å². The van der Waals surface area contributed by atoms with Gasteiger partial charge in [0.15, 0.2) is 17.3 Å². The van der Waals surface area contributed by atoms with Crippen LogP contribution in [0.15, 0.2) is 30.3 Å². The number of benzene rings is 2. The number of rotatable bonds is 5. The third kappa shape index (κ3) is 3.36. The molecule has 23 heavy (non-hydrogen) atoms. The second-order valence-electron chi connectivity index (χ2n) is 4.78. The number of hydrogen-bond acceptors (Lipinski definition) is 4. The summed E-state index contributed by atoms with van der Waals surface area (Å²) in [4.78, 5) is 12.3. The molecule has 0 aliphatic carbocycles. The van der Waals surface area contributed by atoms with Crippen LogP contribution >= 0.6 is 0 Å². The Hall–Kier alpha value is -2.76. The SMILES string of the molecule is COc1ccc(C(=O)Nc2c(F)cc(OC)c(OC)c2C)cc1. The van der Waals surface area contributed by atoms with Crippen LogP contribution in [0.1, 0.15) is 15.9 Å². The smallest absolute Gasteiger partial charge is 0.255 e. The van der Waals surface area contributed by atoms with Crippen molar-refractivity contribution in [3.63, 3.8) is 0 Å². The molecule has 0 saturated heterocycles. The van der Waals surface area contributed by atoms with Gasteiger partial charge in [0.1, 0.15) is 5.75 Å². The molecule has 122 valence electrons. The first-order chi connectivity index (χ1) is 11.0. The van der Waals surface area contributed by atoms with Crippen molar-refractivity contribution in [2.45, 2.75) is 6.92 Å². The van der Waals surface area contributed by atoms with Crippen molar-refractivity contribution in [3.8, 4) is 17.2 Å². The van der Waals surface area contributed by atoms with Crippen LogP contribution in [0.5, 0.6) is 17.2 Å². The van der Waals surface area contributed by atoms with Crippen LogP contribution in [0.3, 0.4) is 0 Å². The molecule has 0 aromatic heterocycles. The Morgan fingerprint density at radius 2 is 1.70 bits per heavy atom. The Labute approximate surface area is 134 Å². The lowest BCUT2D eigenvalue weighted by Crippen LogP contribution is -2.14. The van der Waals surface area contributed by atoms with E-state index in [4.69, 9.17) is 14.2 Å². The molecule has 5 nitrogen and oxygen atoms in total. The van der Waals surface area contributed by atoms with Gasteiger partial charge in [-0.3, -0.25) is 4.79 Å². The minimum Gasteiger partial charge on any atom is -0.497 e. The van der Waals surface area contributed by atoms with Crippen molar-refractivity contribution in [2.24, 2.45) is 0 Å². The quantitative estimate of drug-likeness (QED) is 0.917. The van der Waals surface area contributed by atoms with Gasteiger partial charge in [-0.05, 0) is 31.2 Å². The zero-order chi connectivity index (χ0) is 17.0. The lowest BCUT2D eigenvalue weighted by Gasteiger charge is -2.16. The third-order valence-electron chi connectivity index (χ3n) is 3.45. The molecule has 0 unspecified atom stereocenters. The Bertz CT molecular complexity index is 714. The minimum atomic E-state index is -0.595. The second kappa shape index (κ2) is 7.00. The number of ether oxygens (including phenoxy) is 3. The number of halogens is 1. The highest BCUT2D eigenvalue weighted by Gasteiger charge is 2.19. The molecule has 0 aliphatic rings. The topological polar surface area (TPSA) is 56.8 Å². The molecular weight excluding hydrogens is 301 g/mol. The predicted octanol–water partition coefficient (Wildman–Crippen LogP) is 3.41. The number of hydrogen-bond donors (Lipinski definition) is 1. The van der Waals surface area contributed by atoms with Crippen molar-refractivity contribution in [1.29, 1.82) is 0 Å². The first-order valence-electron chi connectivity index (χ1n) is 6.88. The van der Waals surface area contributed by atoms with E-state index in [0.717, 1.165) is 0 Å². The zero-order valence-corrected chi connectivity index (χ0v) is 13.4. The average Bonchev–Trinajstić information content (AvgIpc) is 2.57. The molecule has 0 bridgehead atoms. The number of methoxy groups -OCH3 is 3.